The molecule has 0 amide bonds. The van der Waals surface area contributed by atoms with Gasteiger partial charge in [-0.2, -0.15) is 11.8 Å². The van der Waals surface area contributed by atoms with Crippen LogP contribution in [-0.4, -0.2) is 17.3 Å². The minimum absolute atomic E-state index is 0.558. The van der Waals surface area contributed by atoms with E-state index in [1.165, 1.54) is 10.7 Å². The van der Waals surface area contributed by atoms with E-state index in [1.807, 2.05) is 11.8 Å². The van der Waals surface area contributed by atoms with Crippen molar-refractivity contribution >= 4 is 23.1 Å². The van der Waals surface area contributed by atoms with Crippen molar-refractivity contribution < 1.29 is 0 Å². The van der Waals surface area contributed by atoms with Gasteiger partial charge in [-0.25, -0.2) is 4.98 Å². The average molecular weight is 230 g/mol. The molecule has 1 rings (SSSR count). The molecule has 0 atom stereocenters. The highest BCUT2D eigenvalue weighted by Gasteiger charge is 2.05. The normalized spacial score (nSPS) is 11.1. The van der Waals surface area contributed by atoms with Crippen molar-refractivity contribution in [3.63, 3.8) is 0 Å². The molecule has 4 heteroatoms. The summed E-state index contributed by atoms with van der Waals surface area (Å²) in [5, 5.41) is 3.42. The Labute approximate surface area is 94.3 Å². The summed E-state index contributed by atoms with van der Waals surface area (Å²) in [7, 11) is 0. The summed E-state index contributed by atoms with van der Waals surface area (Å²) in [5.74, 6) is 2.73. The first-order chi connectivity index (χ1) is 6.74. The lowest BCUT2D eigenvalue weighted by atomic mass is 10.2. The van der Waals surface area contributed by atoms with E-state index in [9.17, 15) is 0 Å². The first-order valence-corrected chi connectivity index (χ1v) is 6.99. The lowest BCUT2D eigenvalue weighted by Gasteiger charge is -1.98. The van der Waals surface area contributed by atoms with Crippen LogP contribution < -0.4 is 5.73 Å². The lowest BCUT2D eigenvalue weighted by Crippen LogP contribution is -1.99. The first kappa shape index (κ1) is 12.0. The van der Waals surface area contributed by atoms with E-state index in [-0.39, 0.29) is 0 Å². The minimum atomic E-state index is 0.558. The van der Waals surface area contributed by atoms with Gasteiger partial charge in [0.05, 0.1) is 10.7 Å². The molecule has 0 saturated carbocycles. The summed E-state index contributed by atoms with van der Waals surface area (Å²) in [6.07, 6.45) is 1.10. The molecule has 2 nitrogen and oxygen atoms in total. The predicted octanol–water partition coefficient (Wildman–Crippen LogP) is 2.85. The van der Waals surface area contributed by atoms with E-state index in [1.54, 1.807) is 11.3 Å². The van der Waals surface area contributed by atoms with Gasteiger partial charge in [-0.1, -0.05) is 13.8 Å². The van der Waals surface area contributed by atoms with Crippen molar-refractivity contribution in [3.8, 4) is 0 Å². The Bertz CT molecular complexity index is 258. The third-order valence-electron chi connectivity index (χ3n) is 1.81. The van der Waals surface area contributed by atoms with E-state index in [2.05, 4.69) is 24.2 Å². The summed E-state index contributed by atoms with van der Waals surface area (Å²) < 4.78 is 0. The zero-order chi connectivity index (χ0) is 10.4. The van der Waals surface area contributed by atoms with Gasteiger partial charge >= 0.3 is 0 Å². The summed E-state index contributed by atoms with van der Waals surface area (Å²) in [6.45, 7) is 5.16. The van der Waals surface area contributed by atoms with Gasteiger partial charge in [0.25, 0.3) is 0 Å². The third-order valence-corrected chi connectivity index (χ3v) is 4.08. The highest BCUT2D eigenvalue weighted by molar-refractivity contribution is 7.98. The van der Waals surface area contributed by atoms with Crippen molar-refractivity contribution in [2.24, 2.45) is 5.73 Å². The zero-order valence-electron chi connectivity index (χ0n) is 8.82. The van der Waals surface area contributed by atoms with Gasteiger partial charge in [-0.3, -0.25) is 0 Å². The zero-order valence-corrected chi connectivity index (χ0v) is 10.5. The van der Waals surface area contributed by atoms with Gasteiger partial charge in [0, 0.05) is 17.1 Å². The van der Waals surface area contributed by atoms with Gasteiger partial charge in [-0.15, -0.1) is 11.3 Å². The maximum atomic E-state index is 5.42. The molecule has 0 aliphatic heterocycles. The molecule has 0 fully saturated rings. The highest BCUT2D eigenvalue weighted by atomic mass is 32.2. The molecule has 0 saturated heterocycles. The second kappa shape index (κ2) is 6.43. The van der Waals surface area contributed by atoms with Crippen molar-refractivity contribution in [2.45, 2.75) is 31.9 Å². The summed E-state index contributed by atoms with van der Waals surface area (Å²) in [6, 6.07) is 0. The molecule has 0 unspecified atom stereocenters. The van der Waals surface area contributed by atoms with Crippen LogP contribution in [0.3, 0.4) is 0 Å². The maximum Gasteiger partial charge on any atom is 0.0954 e. The molecular weight excluding hydrogens is 212 g/mol. The minimum Gasteiger partial charge on any atom is -0.330 e. The van der Waals surface area contributed by atoms with Gasteiger partial charge in [0.1, 0.15) is 0 Å². The largest absolute Gasteiger partial charge is 0.330 e. The number of hydrogen-bond acceptors (Lipinski definition) is 4. The van der Waals surface area contributed by atoms with Crippen LogP contribution in [0.1, 0.15) is 36.9 Å². The monoisotopic (exact) mass is 230 g/mol. The molecule has 1 heterocycles. The van der Waals surface area contributed by atoms with Crippen LogP contribution >= 0.6 is 23.1 Å². The Kier molecular flexibility index (Phi) is 5.52. The van der Waals surface area contributed by atoms with E-state index >= 15 is 0 Å². The van der Waals surface area contributed by atoms with Crippen LogP contribution in [-0.2, 0) is 5.75 Å². The highest BCUT2D eigenvalue weighted by Crippen LogP contribution is 2.21. The Morgan fingerprint density at radius 2 is 2.36 bits per heavy atom. The number of nitrogens with zero attached hydrogens (tertiary/aromatic N) is 1. The number of hydrogen-bond donors (Lipinski definition) is 1. The Morgan fingerprint density at radius 3 is 2.93 bits per heavy atom. The van der Waals surface area contributed by atoms with Crippen LogP contribution in [0.15, 0.2) is 5.38 Å². The molecule has 14 heavy (non-hydrogen) atoms. The van der Waals surface area contributed by atoms with Crippen molar-refractivity contribution in [1.82, 2.24) is 4.98 Å². The lowest BCUT2D eigenvalue weighted by molar-refractivity contribution is 0.846. The number of thioether (sulfide) groups is 1. The fourth-order valence-corrected chi connectivity index (χ4v) is 2.83. The van der Waals surface area contributed by atoms with Crippen LogP contribution in [0.5, 0.6) is 0 Å². The Morgan fingerprint density at radius 1 is 1.57 bits per heavy atom. The summed E-state index contributed by atoms with van der Waals surface area (Å²) in [4.78, 5) is 4.57. The maximum absolute atomic E-state index is 5.42. The van der Waals surface area contributed by atoms with Gasteiger partial charge < -0.3 is 5.73 Å². The number of rotatable bonds is 6. The van der Waals surface area contributed by atoms with E-state index in [0.29, 0.717) is 5.92 Å². The number of nitrogens with two attached hydrogens (primary N) is 1. The molecule has 0 bridgehead atoms. The first-order valence-electron chi connectivity index (χ1n) is 4.96. The Hall–Kier alpha value is -0.0600. The molecule has 80 valence electrons. The second-order valence-electron chi connectivity index (χ2n) is 3.53. The molecule has 0 aliphatic carbocycles. The van der Waals surface area contributed by atoms with Crippen LogP contribution in [0.2, 0.25) is 0 Å². The number of thiazole rings is 1. The Balaban J connectivity index is 2.29. The molecule has 1 aromatic heterocycles. The van der Waals surface area contributed by atoms with Crippen molar-refractivity contribution in [2.75, 3.05) is 12.3 Å². The topological polar surface area (TPSA) is 38.9 Å². The smallest absolute Gasteiger partial charge is 0.0954 e. The standard InChI is InChI=1S/C10H18N2S2/c1-8(2)10-12-9(7-14-10)6-13-5-3-4-11/h7-8H,3-6,11H2,1-2H3. The van der Waals surface area contributed by atoms with Gasteiger partial charge in [-0.05, 0) is 18.7 Å². The number of aromatic nitrogens is 1. The molecular formula is C10H18N2S2. The van der Waals surface area contributed by atoms with E-state index in [4.69, 9.17) is 5.73 Å². The summed E-state index contributed by atoms with van der Waals surface area (Å²) >= 11 is 3.69. The van der Waals surface area contributed by atoms with E-state index < -0.39 is 0 Å². The van der Waals surface area contributed by atoms with E-state index in [0.717, 1.165) is 24.5 Å². The van der Waals surface area contributed by atoms with Crippen molar-refractivity contribution in [1.29, 1.82) is 0 Å². The SMILES string of the molecule is CC(C)c1nc(CSCCCN)cs1. The van der Waals surface area contributed by atoms with Gasteiger partial charge in [0.2, 0.25) is 0 Å². The molecule has 2 N–H and O–H groups in total. The van der Waals surface area contributed by atoms with Crippen molar-refractivity contribution in [3.05, 3.63) is 16.1 Å². The molecule has 0 aliphatic rings. The summed E-state index contributed by atoms with van der Waals surface area (Å²) in [5.41, 5.74) is 6.65. The predicted molar refractivity (Wildman–Crippen MR) is 66.0 cm³/mol. The molecule has 0 aromatic carbocycles. The molecule has 1 aromatic rings. The van der Waals surface area contributed by atoms with Crippen LogP contribution in [0.4, 0.5) is 0 Å². The second-order valence-corrected chi connectivity index (χ2v) is 5.52. The average Bonchev–Trinajstić information content (AvgIpc) is 2.61. The van der Waals surface area contributed by atoms with Crippen LogP contribution in [0.25, 0.3) is 0 Å². The van der Waals surface area contributed by atoms with Gasteiger partial charge in [0.15, 0.2) is 0 Å². The van der Waals surface area contributed by atoms with Crippen LogP contribution in [0, 0.1) is 0 Å². The fourth-order valence-electron chi connectivity index (χ4n) is 1.02. The quantitative estimate of drug-likeness (QED) is 0.764. The third kappa shape index (κ3) is 3.98. The molecule has 0 radical (unpaired) electrons. The molecule has 0 spiro atoms. The fraction of sp³-hybridized carbons (Fsp3) is 0.700.